The summed E-state index contributed by atoms with van der Waals surface area (Å²) in [7, 11) is 1.60. The van der Waals surface area contributed by atoms with Crippen LogP contribution in [0.5, 0.6) is 11.5 Å². The summed E-state index contributed by atoms with van der Waals surface area (Å²) in [5.41, 5.74) is 3.09. The summed E-state index contributed by atoms with van der Waals surface area (Å²) in [5.74, 6) is 1.04. The van der Waals surface area contributed by atoms with Gasteiger partial charge in [0, 0.05) is 34.6 Å². The molecule has 6 heteroatoms. The summed E-state index contributed by atoms with van der Waals surface area (Å²) in [4.78, 5) is 15.8. The minimum Gasteiger partial charge on any atom is -0.497 e. The van der Waals surface area contributed by atoms with E-state index in [4.69, 9.17) is 21.1 Å². The molecule has 0 fully saturated rings. The van der Waals surface area contributed by atoms with E-state index in [1.165, 1.54) is 0 Å². The first-order valence-electron chi connectivity index (χ1n) is 9.99. The quantitative estimate of drug-likeness (QED) is 0.402. The van der Waals surface area contributed by atoms with Gasteiger partial charge >= 0.3 is 0 Å². The van der Waals surface area contributed by atoms with E-state index < -0.39 is 0 Å². The molecule has 4 aromatic rings. The molecule has 0 saturated carbocycles. The molecule has 5 nitrogen and oxygen atoms in total. The van der Waals surface area contributed by atoms with Crippen molar-refractivity contribution in [3.05, 3.63) is 95.1 Å². The second kappa shape index (κ2) is 9.58. The van der Waals surface area contributed by atoms with Gasteiger partial charge in [-0.2, -0.15) is 0 Å². The van der Waals surface area contributed by atoms with Crippen LogP contribution in [-0.2, 0) is 4.79 Å². The Morgan fingerprint density at radius 1 is 0.968 bits per heavy atom. The SMILES string of the molecule is COc1ccc(OCC(=O)NC[C@H](c2ccccc2Cl)c2c[nH]c3ccccc23)cc1. The van der Waals surface area contributed by atoms with Gasteiger partial charge in [0.2, 0.25) is 0 Å². The van der Waals surface area contributed by atoms with Crippen LogP contribution in [-0.4, -0.2) is 31.2 Å². The number of benzene rings is 3. The lowest BCUT2D eigenvalue weighted by Gasteiger charge is -2.19. The standard InChI is InChI=1S/C25H23ClN2O3/c1-30-17-10-12-18(13-11-17)31-16-25(29)28-15-21(19-6-2-4-8-23(19)26)22-14-27-24-9-5-3-7-20(22)24/h2-14,21,27H,15-16H2,1H3,(H,28,29)/t21-/m1/s1. The van der Waals surface area contributed by atoms with Crippen molar-refractivity contribution in [3.8, 4) is 11.5 Å². The van der Waals surface area contributed by atoms with Gasteiger partial charge in [-0.15, -0.1) is 0 Å². The molecule has 0 aliphatic heterocycles. The Morgan fingerprint density at radius 3 is 2.45 bits per heavy atom. The number of ether oxygens (including phenoxy) is 2. The predicted octanol–water partition coefficient (Wildman–Crippen LogP) is 5.16. The molecule has 0 bridgehead atoms. The number of rotatable bonds is 8. The lowest BCUT2D eigenvalue weighted by Crippen LogP contribution is -2.32. The summed E-state index contributed by atoms with van der Waals surface area (Å²) >= 11 is 6.51. The first kappa shape index (κ1) is 20.8. The molecule has 1 aromatic heterocycles. The van der Waals surface area contributed by atoms with Crippen LogP contribution >= 0.6 is 11.6 Å². The highest BCUT2D eigenvalue weighted by molar-refractivity contribution is 6.31. The van der Waals surface area contributed by atoms with Crippen LogP contribution in [0.25, 0.3) is 10.9 Å². The Kier molecular flexibility index (Phi) is 6.43. The van der Waals surface area contributed by atoms with E-state index in [9.17, 15) is 4.79 Å². The molecule has 1 amide bonds. The van der Waals surface area contributed by atoms with Crippen LogP contribution in [0, 0.1) is 0 Å². The molecule has 31 heavy (non-hydrogen) atoms. The van der Waals surface area contributed by atoms with E-state index in [1.807, 2.05) is 48.7 Å². The number of fused-ring (bicyclic) bond motifs is 1. The maximum atomic E-state index is 12.5. The van der Waals surface area contributed by atoms with Crippen LogP contribution < -0.4 is 14.8 Å². The molecule has 0 aliphatic rings. The Bertz CT molecular complexity index is 1170. The highest BCUT2D eigenvalue weighted by atomic mass is 35.5. The van der Waals surface area contributed by atoms with Crippen molar-refractivity contribution in [3.63, 3.8) is 0 Å². The first-order chi connectivity index (χ1) is 15.2. The number of H-pyrrole nitrogens is 1. The van der Waals surface area contributed by atoms with Gasteiger partial charge in [0.1, 0.15) is 11.5 Å². The molecule has 1 heterocycles. The normalized spacial score (nSPS) is 11.8. The van der Waals surface area contributed by atoms with Crippen molar-refractivity contribution in [2.24, 2.45) is 0 Å². The molecule has 0 saturated heterocycles. The third-order valence-corrected chi connectivity index (χ3v) is 5.55. The number of carbonyl (C=O) groups is 1. The van der Waals surface area contributed by atoms with Crippen molar-refractivity contribution < 1.29 is 14.3 Å². The van der Waals surface area contributed by atoms with Crippen molar-refractivity contribution in [1.29, 1.82) is 0 Å². The zero-order valence-electron chi connectivity index (χ0n) is 17.1. The van der Waals surface area contributed by atoms with Gasteiger partial charge < -0.3 is 19.8 Å². The van der Waals surface area contributed by atoms with Gasteiger partial charge in [-0.25, -0.2) is 0 Å². The molecule has 0 spiro atoms. The molecule has 4 rings (SSSR count). The maximum Gasteiger partial charge on any atom is 0.257 e. The van der Waals surface area contributed by atoms with Crippen LogP contribution in [0.15, 0.2) is 79.0 Å². The maximum absolute atomic E-state index is 12.5. The average molecular weight is 435 g/mol. The topological polar surface area (TPSA) is 63.4 Å². The highest BCUT2D eigenvalue weighted by Crippen LogP contribution is 2.34. The van der Waals surface area contributed by atoms with Crippen LogP contribution in [0.1, 0.15) is 17.0 Å². The highest BCUT2D eigenvalue weighted by Gasteiger charge is 2.21. The second-order valence-corrected chi connectivity index (χ2v) is 7.54. The van der Waals surface area contributed by atoms with E-state index in [0.29, 0.717) is 17.3 Å². The average Bonchev–Trinajstić information content (AvgIpc) is 3.23. The van der Waals surface area contributed by atoms with Crippen LogP contribution in [0.2, 0.25) is 5.02 Å². The molecule has 3 aromatic carbocycles. The number of methoxy groups -OCH3 is 1. The minimum absolute atomic E-state index is 0.0740. The molecular formula is C25H23ClN2O3. The fourth-order valence-corrected chi connectivity index (χ4v) is 3.88. The number of amides is 1. The fourth-order valence-electron chi connectivity index (χ4n) is 3.62. The lowest BCUT2D eigenvalue weighted by atomic mass is 9.91. The largest absolute Gasteiger partial charge is 0.497 e. The van der Waals surface area contributed by atoms with E-state index >= 15 is 0 Å². The number of nitrogens with one attached hydrogen (secondary N) is 2. The zero-order chi connectivity index (χ0) is 21.6. The van der Waals surface area contributed by atoms with Gasteiger partial charge in [0.15, 0.2) is 6.61 Å². The fraction of sp³-hybridized carbons (Fsp3) is 0.160. The molecule has 1 atom stereocenters. The summed E-state index contributed by atoms with van der Waals surface area (Å²) < 4.78 is 10.7. The number of aromatic amines is 1. The predicted molar refractivity (Wildman–Crippen MR) is 123 cm³/mol. The number of aromatic nitrogens is 1. The second-order valence-electron chi connectivity index (χ2n) is 7.13. The summed E-state index contributed by atoms with van der Waals surface area (Å²) in [6, 6.07) is 22.9. The Hall–Kier alpha value is -3.44. The molecule has 158 valence electrons. The number of carbonyl (C=O) groups excluding carboxylic acids is 1. The third kappa shape index (κ3) is 4.84. The summed E-state index contributed by atoms with van der Waals surface area (Å²) in [5, 5.41) is 4.77. The first-order valence-corrected chi connectivity index (χ1v) is 10.4. The van der Waals surface area contributed by atoms with Crippen molar-refractivity contribution in [2.45, 2.75) is 5.92 Å². The Balaban J connectivity index is 1.49. The summed E-state index contributed by atoms with van der Waals surface area (Å²) in [6.07, 6.45) is 1.98. The van der Waals surface area contributed by atoms with E-state index in [-0.39, 0.29) is 18.4 Å². The van der Waals surface area contributed by atoms with Gasteiger partial charge in [0.25, 0.3) is 5.91 Å². The number of hydrogen-bond acceptors (Lipinski definition) is 3. The molecule has 2 N–H and O–H groups in total. The van der Waals surface area contributed by atoms with Gasteiger partial charge in [-0.1, -0.05) is 48.0 Å². The van der Waals surface area contributed by atoms with Crippen molar-refractivity contribution >= 4 is 28.4 Å². The van der Waals surface area contributed by atoms with Crippen LogP contribution in [0.3, 0.4) is 0 Å². The van der Waals surface area contributed by atoms with Crippen molar-refractivity contribution in [2.75, 3.05) is 20.3 Å². The number of para-hydroxylation sites is 1. The summed E-state index contributed by atoms with van der Waals surface area (Å²) in [6.45, 7) is 0.325. The smallest absolute Gasteiger partial charge is 0.257 e. The Morgan fingerprint density at radius 2 is 1.68 bits per heavy atom. The van der Waals surface area contributed by atoms with Crippen molar-refractivity contribution in [1.82, 2.24) is 10.3 Å². The minimum atomic E-state index is -0.201. The van der Waals surface area contributed by atoms with Crippen LogP contribution in [0.4, 0.5) is 0 Å². The van der Waals surface area contributed by atoms with Gasteiger partial charge in [-0.05, 0) is 47.5 Å². The van der Waals surface area contributed by atoms with Gasteiger partial charge in [0.05, 0.1) is 7.11 Å². The monoisotopic (exact) mass is 434 g/mol. The number of hydrogen-bond donors (Lipinski definition) is 2. The third-order valence-electron chi connectivity index (χ3n) is 5.21. The lowest BCUT2D eigenvalue weighted by molar-refractivity contribution is -0.123. The Labute approximate surface area is 186 Å². The van der Waals surface area contributed by atoms with E-state index in [1.54, 1.807) is 31.4 Å². The van der Waals surface area contributed by atoms with E-state index in [0.717, 1.165) is 27.8 Å². The molecule has 0 radical (unpaired) electrons. The molecular weight excluding hydrogens is 412 g/mol. The molecule has 0 unspecified atom stereocenters. The zero-order valence-corrected chi connectivity index (χ0v) is 17.9. The van der Waals surface area contributed by atoms with Gasteiger partial charge in [-0.3, -0.25) is 4.79 Å². The molecule has 0 aliphatic carbocycles. The van der Waals surface area contributed by atoms with E-state index in [2.05, 4.69) is 16.4 Å². The number of halogens is 1.